The topological polar surface area (TPSA) is 115 Å². The fourth-order valence-electron chi connectivity index (χ4n) is 8.21. The lowest BCUT2D eigenvalue weighted by Crippen LogP contribution is -2.57. The van der Waals surface area contributed by atoms with Gasteiger partial charge in [-0.1, -0.05) is 109 Å². The predicted octanol–water partition coefficient (Wildman–Crippen LogP) is 6.82. The summed E-state index contributed by atoms with van der Waals surface area (Å²) in [5.41, 5.74) is 7.43. The minimum atomic E-state index is -0.598. The Morgan fingerprint density at radius 3 is 2.12 bits per heavy atom. The summed E-state index contributed by atoms with van der Waals surface area (Å²) in [5.74, 6) is 0.112. The molecule has 0 aliphatic carbocycles. The first-order valence-electron chi connectivity index (χ1n) is 19.5. The Kier molecular flexibility index (Phi) is 11.4. The van der Waals surface area contributed by atoms with Crippen molar-refractivity contribution in [3.8, 4) is 11.1 Å². The van der Waals surface area contributed by atoms with Crippen LogP contribution in [0.25, 0.3) is 11.1 Å². The number of ether oxygens (including phenoxy) is 2. The number of likely N-dealkylation sites (tertiary alicyclic amines) is 1. The lowest BCUT2D eigenvalue weighted by atomic mass is 9.85. The molecule has 3 aliphatic rings. The van der Waals surface area contributed by atoms with E-state index < -0.39 is 11.8 Å². The Hall–Kier alpha value is -5.52. The number of piperidine rings is 1. The van der Waals surface area contributed by atoms with Crippen molar-refractivity contribution in [1.82, 2.24) is 20.9 Å². The number of hydrogen-bond donors (Lipinski definition) is 4. The van der Waals surface area contributed by atoms with Gasteiger partial charge in [-0.3, -0.25) is 4.79 Å². The molecule has 0 saturated carbocycles. The number of rotatable bonds is 11. The van der Waals surface area contributed by atoms with E-state index in [0.29, 0.717) is 26.2 Å². The van der Waals surface area contributed by atoms with Crippen LogP contribution in [0, 0.1) is 0 Å². The molecule has 5 aromatic carbocycles. The molecule has 8 rings (SSSR count). The number of nitrogens with zero attached hydrogens (tertiary/aromatic N) is 2. The number of anilines is 1. The molecule has 4 N–H and O–H groups in total. The smallest absolute Gasteiger partial charge is 0.315 e. The number of aliphatic hydroxyl groups is 1. The van der Waals surface area contributed by atoms with Crippen LogP contribution >= 0.6 is 0 Å². The molecule has 3 heterocycles. The Bertz CT molecular complexity index is 2090. The molecule has 0 bridgehead atoms. The summed E-state index contributed by atoms with van der Waals surface area (Å²) < 4.78 is 13.5. The first-order chi connectivity index (χ1) is 27.5. The Balaban J connectivity index is 0.954. The Labute approximate surface area is 328 Å². The van der Waals surface area contributed by atoms with Crippen molar-refractivity contribution in [3.05, 3.63) is 161 Å². The van der Waals surface area contributed by atoms with Crippen LogP contribution in [0.5, 0.6) is 0 Å². The van der Waals surface area contributed by atoms with Crippen LogP contribution in [0.1, 0.15) is 59.5 Å². The zero-order valence-electron chi connectivity index (χ0n) is 31.5. The summed E-state index contributed by atoms with van der Waals surface area (Å²) in [4.78, 5) is 30.5. The number of amides is 3. The van der Waals surface area contributed by atoms with Crippen molar-refractivity contribution in [1.29, 1.82) is 0 Å². The largest absolute Gasteiger partial charge is 0.392 e. The van der Waals surface area contributed by atoms with Crippen LogP contribution in [0.4, 0.5) is 10.5 Å². The van der Waals surface area contributed by atoms with Gasteiger partial charge in [0.25, 0.3) is 0 Å². The highest BCUT2D eigenvalue weighted by Gasteiger charge is 2.50. The average Bonchev–Trinajstić information content (AvgIpc) is 3.57. The van der Waals surface area contributed by atoms with Gasteiger partial charge in [0.05, 0.1) is 25.5 Å². The summed E-state index contributed by atoms with van der Waals surface area (Å²) in [6.45, 7) is 3.67. The molecular weight excluding hydrogens is 703 g/mol. The number of urea groups is 1. The number of benzene rings is 5. The van der Waals surface area contributed by atoms with E-state index in [1.807, 2.05) is 97.1 Å². The molecule has 10 heteroatoms. The Morgan fingerprint density at radius 2 is 1.39 bits per heavy atom. The molecule has 0 aromatic heterocycles. The van der Waals surface area contributed by atoms with Crippen LogP contribution in [0.3, 0.4) is 0 Å². The first-order valence-corrected chi connectivity index (χ1v) is 19.5. The summed E-state index contributed by atoms with van der Waals surface area (Å²) >= 11 is 0. The van der Waals surface area contributed by atoms with E-state index >= 15 is 0 Å². The van der Waals surface area contributed by atoms with Gasteiger partial charge in [0.15, 0.2) is 6.29 Å². The van der Waals surface area contributed by atoms with Crippen molar-refractivity contribution >= 4 is 17.6 Å². The highest BCUT2D eigenvalue weighted by atomic mass is 16.7. The fourth-order valence-corrected chi connectivity index (χ4v) is 8.21. The van der Waals surface area contributed by atoms with Crippen LogP contribution < -0.4 is 20.9 Å². The molecule has 3 atom stereocenters. The highest BCUT2D eigenvalue weighted by molar-refractivity contribution is 5.93. The molecule has 3 fully saturated rings. The first kappa shape index (κ1) is 37.4. The van der Waals surface area contributed by atoms with E-state index in [4.69, 9.17) is 9.47 Å². The normalized spacial score (nSPS) is 20.8. The molecular formula is C46H49N5O5. The number of aliphatic hydroxyl groups excluding tert-OH is 1. The van der Waals surface area contributed by atoms with Gasteiger partial charge in [-0.25, -0.2) is 4.79 Å². The van der Waals surface area contributed by atoms with E-state index in [0.717, 1.165) is 77.1 Å². The van der Waals surface area contributed by atoms with E-state index in [1.165, 1.54) is 0 Å². The van der Waals surface area contributed by atoms with E-state index in [1.54, 1.807) is 0 Å². The molecule has 3 aliphatic heterocycles. The molecule has 3 saturated heterocycles. The molecule has 5 aromatic rings. The summed E-state index contributed by atoms with van der Waals surface area (Å²) in [6, 6.07) is 44.3. The SMILES string of the molecule is O=C(NCc1ccccc1)NCc1cccc(-c2cccc([C@H]3O[C@@H](CN4CCC5(CC4)C(=O)NCN5c4ccccc4)C[C@@H](c4ccc(CO)cc4)O3)c2)c1. The number of hydrogen-bond acceptors (Lipinski definition) is 7. The number of carbonyl (C=O) groups excluding carboxylic acids is 2. The van der Waals surface area contributed by atoms with Crippen LogP contribution in [0.15, 0.2) is 133 Å². The zero-order chi connectivity index (χ0) is 38.3. The maximum absolute atomic E-state index is 13.3. The summed E-state index contributed by atoms with van der Waals surface area (Å²) in [5, 5.41) is 18.7. The van der Waals surface area contributed by atoms with Crippen LogP contribution in [-0.4, -0.2) is 59.9 Å². The van der Waals surface area contributed by atoms with Gasteiger partial charge in [0.2, 0.25) is 5.91 Å². The number of para-hydroxylation sites is 1. The molecule has 0 radical (unpaired) electrons. The van der Waals surface area contributed by atoms with Crippen molar-refractivity contribution in [2.75, 3.05) is 31.2 Å². The molecule has 10 nitrogen and oxygen atoms in total. The van der Waals surface area contributed by atoms with Crippen molar-refractivity contribution in [3.63, 3.8) is 0 Å². The lowest BCUT2D eigenvalue weighted by molar-refractivity contribution is -0.253. The van der Waals surface area contributed by atoms with E-state index in [-0.39, 0.29) is 30.8 Å². The molecule has 3 amide bonds. The second-order valence-electron chi connectivity index (χ2n) is 15.0. The van der Waals surface area contributed by atoms with Gasteiger partial charge in [-0.05, 0) is 70.5 Å². The summed E-state index contributed by atoms with van der Waals surface area (Å²) in [7, 11) is 0. The standard InChI is InChI=1S/C46H49N5O5/c52-31-34-17-19-36(20-18-34)42-27-41(30-50-23-21-46(22-24-50)44(53)49-32-51(46)40-15-5-2-6-16-40)55-43(56-42)39-14-8-13-38(26-39)37-12-7-11-35(25-37)29-48-45(54)47-28-33-9-3-1-4-10-33/h1-20,25-26,41-43,52H,21-24,27-32H2,(H,49,53)(H2,47,48,54)/t41-,42+,43+/m1/s1. The van der Waals surface area contributed by atoms with Gasteiger partial charge >= 0.3 is 6.03 Å². The number of carbonyl (C=O) groups is 2. The minimum Gasteiger partial charge on any atom is -0.392 e. The molecule has 0 unspecified atom stereocenters. The van der Waals surface area contributed by atoms with Gasteiger partial charge in [-0.2, -0.15) is 0 Å². The third kappa shape index (κ3) is 8.49. The monoisotopic (exact) mass is 751 g/mol. The van der Waals surface area contributed by atoms with E-state index in [2.05, 4.69) is 62.1 Å². The fraction of sp³-hybridized carbons (Fsp3) is 0.304. The lowest BCUT2D eigenvalue weighted by Gasteiger charge is -2.45. The average molecular weight is 752 g/mol. The second kappa shape index (κ2) is 17.1. The third-order valence-electron chi connectivity index (χ3n) is 11.3. The van der Waals surface area contributed by atoms with Gasteiger partial charge in [-0.15, -0.1) is 0 Å². The maximum atomic E-state index is 13.3. The van der Waals surface area contributed by atoms with Gasteiger partial charge < -0.3 is 40.3 Å². The van der Waals surface area contributed by atoms with Crippen molar-refractivity contribution in [2.45, 2.75) is 63.0 Å². The van der Waals surface area contributed by atoms with Crippen molar-refractivity contribution in [2.24, 2.45) is 0 Å². The van der Waals surface area contributed by atoms with E-state index in [9.17, 15) is 14.7 Å². The third-order valence-corrected chi connectivity index (χ3v) is 11.3. The van der Waals surface area contributed by atoms with Gasteiger partial charge in [0, 0.05) is 50.4 Å². The summed E-state index contributed by atoms with van der Waals surface area (Å²) in [6.07, 6.45) is 1.24. The minimum absolute atomic E-state index is 0.0121. The maximum Gasteiger partial charge on any atom is 0.315 e. The molecule has 56 heavy (non-hydrogen) atoms. The highest BCUT2D eigenvalue weighted by Crippen LogP contribution is 2.41. The quantitative estimate of drug-likeness (QED) is 0.117. The molecule has 1 spiro atoms. The zero-order valence-corrected chi connectivity index (χ0v) is 31.5. The predicted molar refractivity (Wildman–Crippen MR) is 216 cm³/mol. The van der Waals surface area contributed by atoms with Crippen molar-refractivity contribution < 1.29 is 24.2 Å². The molecule has 288 valence electrons. The van der Waals surface area contributed by atoms with Gasteiger partial charge in [0.1, 0.15) is 5.54 Å². The van der Waals surface area contributed by atoms with Crippen LogP contribution in [0.2, 0.25) is 0 Å². The van der Waals surface area contributed by atoms with Crippen LogP contribution in [-0.2, 0) is 34.0 Å². The second-order valence-corrected chi connectivity index (χ2v) is 15.0. The Morgan fingerprint density at radius 1 is 0.732 bits per heavy atom. The number of nitrogens with one attached hydrogen (secondary N) is 3.